The fourth-order valence-electron chi connectivity index (χ4n) is 7.79. The van der Waals surface area contributed by atoms with E-state index in [4.69, 9.17) is 28.2 Å². The van der Waals surface area contributed by atoms with Gasteiger partial charge in [-0.2, -0.15) is 0 Å². The van der Waals surface area contributed by atoms with Crippen LogP contribution in [0.2, 0.25) is 10.0 Å². The Bertz CT molecular complexity index is 2020. The summed E-state index contributed by atoms with van der Waals surface area (Å²) in [5, 5.41) is 15.8. The second-order valence-electron chi connectivity index (χ2n) is 14.0. The third-order valence-electron chi connectivity index (χ3n) is 10.7. The number of hydrogen-bond acceptors (Lipinski definition) is 7. The zero-order chi connectivity index (χ0) is 36.0. The Morgan fingerprint density at radius 3 is 1.80 bits per heavy atom. The van der Waals surface area contributed by atoms with Crippen LogP contribution >= 0.6 is 23.2 Å². The number of nitrogens with one attached hydrogen (secondary N) is 2. The minimum absolute atomic E-state index is 0.221. The molecule has 2 aromatic heterocycles. The van der Waals surface area contributed by atoms with Crippen molar-refractivity contribution in [2.24, 2.45) is 25.9 Å². The van der Waals surface area contributed by atoms with Crippen LogP contribution in [0.4, 0.5) is 11.4 Å². The molecule has 4 aromatic rings. The molecule has 1 fully saturated rings. The third kappa shape index (κ3) is 7.02. The number of aliphatic carboxylic acids is 1. The van der Waals surface area contributed by atoms with Crippen LogP contribution in [0.25, 0.3) is 11.1 Å². The van der Waals surface area contributed by atoms with Crippen molar-refractivity contribution < 1.29 is 19.5 Å². The number of likely N-dealkylation sites (N-methyl/N-ethyl adjacent to an activating group) is 1. The van der Waals surface area contributed by atoms with E-state index < -0.39 is 5.97 Å². The molecule has 0 unspecified atom stereocenters. The highest BCUT2D eigenvalue weighted by molar-refractivity contribution is 6.40. The quantitative estimate of drug-likeness (QED) is 0.205. The first kappa shape index (κ1) is 35.2. The number of nitrogens with zero attached hydrogens (tertiary/aromatic N) is 6. The number of benzene rings is 2. The van der Waals surface area contributed by atoms with Crippen LogP contribution < -0.4 is 10.6 Å². The summed E-state index contributed by atoms with van der Waals surface area (Å²) in [5.41, 5.74) is 5.91. The van der Waals surface area contributed by atoms with E-state index >= 15 is 0 Å². The zero-order valence-electron chi connectivity index (χ0n) is 29.0. The van der Waals surface area contributed by atoms with Crippen LogP contribution in [0.5, 0.6) is 0 Å². The number of hydrogen-bond donors (Lipinski definition) is 3. The van der Waals surface area contributed by atoms with Gasteiger partial charge in [-0.25, -0.2) is 9.97 Å². The molecule has 268 valence electrons. The molecule has 1 aliphatic carbocycles. The lowest BCUT2D eigenvalue weighted by atomic mass is 9.81. The van der Waals surface area contributed by atoms with E-state index in [1.54, 1.807) is 24.3 Å². The van der Waals surface area contributed by atoms with E-state index in [1.165, 1.54) is 0 Å². The van der Waals surface area contributed by atoms with Gasteiger partial charge in [-0.3, -0.25) is 19.3 Å². The molecule has 51 heavy (non-hydrogen) atoms. The molecule has 2 amide bonds. The Kier molecular flexibility index (Phi) is 9.95. The number of rotatable bonds is 8. The summed E-state index contributed by atoms with van der Waals surface area (Å²) in [6.07, 6.45) is 4.91. The summed E-state index contributed by atoms with van der Waals surface area (Å²) in [6, 6.07) is 10.7. The standard InChI is InChI=1S/C37H42Cl2N8O4/c1-44-16-14-29-27(19-44)40-33(45(29)2)35(48)42-25-8-4-6-23(31(25)38)24-7-5-9-26(32(24)39)43-36(49)34-41-28-20-47(17-15-30(28)46(34)3)18-21-10-12-22(13-11-21)37(50)51/h4-9,21-22H,10-20H2,1-3H3,(H,42,48)(H,43,49)(H,50,51)/t21-,22-. The SMILES string of the molecule is CN1CCc2c(nc(C(=O)Nc3cccc(-c4cccc(NC(=O)c5nc6c(n5C)CCN(C[C@H]5CC[C@H](C(=O)O)CC5)C6)c4Cl)c3Cl)n2C)C1. The molecule has 12 nitrogen and oxygen atoms in total. The molecular formula is C37H42Cl2N8O4. The summed E-state index contributed by atoms with van der Waals surface area (Å²) < 4.78 is 3.71. The van der Waals surface area contributed by atoms with Crippen LogP contribution in [-0.2, 0) is 44.8 Å². The van der Waals surface area contributed by atoms with Crippen molar-refractivity contribution in [3.8, 4) is 11.1 Å². The highest BCUT2D eigenvalue weighted by atomic mass is 35.5. The Labute approximate surface area is 306 Å². The molecule has 2 aliphatic heterocycles. The van der Waals surface area contributed by atoms with Gasteiger partial charge in [0, 0.05) is 82.2 Å². The predicted octanol–water partition coefficient (Wildman–Crippen LogP) is 5.87. The predicted molar refractivity (Wildman–Crippen MR) is 196 cm³/mol. The second kappa shape index (κ2) is 14.4. The van der Waals surface area contributed by atoms with Crippen LogP contribution in [0.3, 0.4) is 0 Å². The number of carboxylic acid groups (broad SMARTS) is 1. The molecule has 14 heteroatoms. The van der Waals surface area contributed by atoms with Gasteiger partial charge in [0.2, 0.25) is 0 Å². The minimum atomic E-state index is -0.685. The van der Waals surface area contributed by atoms with Gasteiger partial charge in [0.15, 0.2) is 11.6 Å². The molecule has 0 spiro atoms. The van der Waals surface area contributed by atoms with Crippen LogP contribution in [-0.4, -0.2) is 78.5 Å². The smallest absolute Gasteiger partial charge is 0.306 e. The van der Waals surface area contributed by atoms with Gasteiger partial charge >= 0.3 is 5.97 Å². The number of imidazole rings is 2. The van der Waals surface area contributed by atoms with Crippen molar-refractivity contribution in [2.75, 3.05) is 37.3 Å². The molecule has 0 radical (unpaired) electrons. The lowest BCUT2D eigenvalue weighted by molar-refractivity contribution is -0.143. The lowest BCUT2D eigenvalue weighted by Gasteiger charge is -2.33. The summed E-state index contributed by atoms with van der Waals surface area (Å²) in [7, 11) is 5.75. The molecule has 0 saturated heterocycles. The summed E-state index contributed by atoms with van der Waals surface area (Å²) >= 11 is 13.8. The first-order valence-electron chi connectivity index (χ1n) is 17.4. The number of aromatic nitrogens is 4. The number of amides is 2. The number of carboxylic acids is 1. The van der Waals surface area contributed by atoms with E-state index in [2.05, 4.69) is 25.4 Å². The summed E-state index contributed by atoms with van der Waals surface area (Å²) in [5.74, 6) is -0.540. The number of carbonyl (C=O) groups is 3. The summed E-state index contributed by atoms with van der Waals surface area (Å²) in [6.45, 7) is 4.02. The molecule has 0 atom stereocenters. The van der Waals surface area contributed by atoms with Gasteiger partial charge in [-0.05, 0) is 50.8 Å². The molecule has 4 heterocycles. The maximum atomic E-state index is 13.6. The minimum Gasteiger partial charge on any atom is -0.481 e. The maximum Gasteiger partial charge on any atom is 0.306 e. The molecule has 7 rings (SSSR count). The van der Waals surface area contributed by atoms with Crippen molar-refractivity contribution in [2.45, 2.75) is 51.6 Å². The van der Waals surface area contributed by atoms with Crippen molar-refractivity contribution >= 4 is 52.4 Å². The fraction of sp³-hybridized carbons (Fsp3) is 0.432. The monoisotopic (exact) mass is 732 g/mol. The van der Waals surface area contributed by atoms with Crippen LogP contribution in [0, 0.1) is 11.8 Å². The Hall–Kier alpha value is -4.23. The number of anilines is 2. The van der Waals surface area contributed by atoms with Gasteiger partial charge in [-0.15, -0.1) is 0 Å². The number of fused-ring (bicyclic) bond motifs is 2. The molecule has 2 aromatic carbocycles. The first-order chi connectivity index (χ1) is 24.5. The Balaban J connectivity index is 1.04. The average molecular weight is 734 g/mol. The van der Waals surface area contributed by atoms with E-state index in [0.29, 0.717) is 63.2 Å². The Morgan fingerprint density at radius 1 is 0.765 bits per heavy atom. The second-order valence-corrected chi connectivity index (χ2v) is 14.8. The van der Waals surface area contributed by atoms with E-state index in [0.717, 1.165) is 80.9 Å². The molecule has 3 aliphatic rings. The third-order valence-corrected chi connectivity index (χ3v) is 11.5. The average Bonchev–Trinajstić information content (AvgIpc) is 3.62. The van der Waals surface area contributed by atoms with E-state index in [1.807, 2.05) is 42.4 Å². The van der Waals surface area contributed by atoms with Gasteiger partial charge in [0.25, 0.3) is 11.8 Å². The number of carbonyl (C=O) groups excluding carboxylic acids is 2. The fourth-order valence-corrected chi connectivity index (χ4v) is 8.34. The first-order valence-corrected chi connectivity index (χ1v) is 18.2. The van der Waals surface area contributed by atoms with Crippen molar-refractivity contribution in [1.82, 2.24) is 28.9 Å². The molecule has 1 saturated carbocycles. The van der Waals surface area contributed by atoms with Gasteiger partial charge in [0.1, 0.15) is 0 Å². The Morgan fingerprint density at radius 2 is 1.27 bits per heavy atom. The van der Waals surface area contributed by atoms with Crippen molar-refractivity contribution in [1.29, 1.82) is 0 Å². The normalized spacial score (nSPS) is 19.3. The van der Waals surface area contributed by atoms with E-state index in [9.17, 15) is 19.5 Å². The lowest BCUT2D eigenvalue weighted by Crippen LogP contribution is -2.36. The van der Waals surface area contributed by atoms with Crippen molar-refractivity contribution in [3.05, 3.63) is 80.9 Å². The largest absolute Gasteiger partial charge is 0.481 e. The maximum absolute atomic E-state index is 13.6. The van der Waals surface area contributed by atoms with Crippen LogP contribution in [0.1, 0.15) is 69.7 Å². The highest BCUT2D eigenvalue weighted by Gasteiger charge is 2.31. The zero-order valence-corrected chi connectivity index (χ0v) is 30.5. The highest BCUT2D eigenvalue weighted by Crippen LogP contribution is 2.40. The molecular weight excluding hydrogens is 691 g/mol. The van der Waals surface area contributed by atoms with Crippen molar-refractivity contribution in [3.63, 3.8) is 0 Å². The molecule has 3 N–H and O–H groups in total. The molecule has 0 bridgehead atoms. The van der Waals surface area contributed by atoms with Gasteiger partial charge < -0.3 is 29.8 Å². The number of halogens is 2. The van der Waals surface area contributed by atoms with Gasteiger partial charge in [-0.1, -0.05) is 47.5 Å². The van der Waals surface area contributed by atoms with E-state index in [-0.39, 0.29) is 17.7 Å². The van der Waals surface area contributed by atoms with Crippen LogP contribution in [0.15, 0.2) is 36.4 Å². The summed E-state index contributed by atoms with van der Waals surface area (Å²) in [4.78, 5) is 52.3. The topological polar surface area (TPSA) is 138 Å². The van der Waals surface area contributed by atoms with Gasteiger partial charge in [0.05, 0.1) is 38.7 Å².